The van der Waals surface area contributed by atoms with Crippen molar-refractivity contribution in [2.75, 3.05) is 6.61 Å². The van der Waals surface area contributed by atoms with Crippen LogP contribution in [0.2, 0.25) is 0 Å². The molecule has 1 atom stereocenters. The highest BCUT2D eigenvalue weighted by Gasteiger charge is 2.39. The molecule has 1 aromatic carbocycles. The zero-order chi connectivity index (χ0) is 13.9. The third-order valence-corrected chi connectivity index (χ3v) is 1.89. The number of ether oxygens (including phenoxy) is 1. The number of hydrogen-bond donors (Lipinski definition) is 1. The van der Waals surface area contributed by atoms with Crippen molar-refractivity contribution in [1.29, 1.82) is 0 Å². The maximum Gasteiger partial charge on any atom is 0.417 e. The molecular formula is C9H7F4NO4. The van der Waals surface area contributed by atoms with E-state index in [0.717, 1.165) is 12.1 Å². The summed E-state index contributed by atoms with van der Waals surface area (Å²) in [6.07, 6.45) is -7.72. The first-order chi connectivity index (χ1) is 8.21. The topological polar surface area (TPSA) is 72.6 Å². The fraction of sp³-hybridized carbons (Fsp3) is 0.333. The van der Waals surface area contributed by atoms with Gasteiger partial charge in [-0.2, -0.15) is 13.2 Å². The summed E-state index contributed by atoms with van der Waals surface area (Å²) in [5, 5.41) is 19.1. The SMILES string of the molecule is O=[N+]([O-])c1ccc(F)cc1OC[C@@H](O)C(F)(F)F. The third kappa shape index (κ3) is 3.55. The molecule has 1 aromatic rings. The number of rotatable bonds is 4. The molecule has 0 bridgehead atoms. The van der Waals surface area contributed by atoms with Crippen LogP contribution >= 0.6 is 0 Å². The maximum absolute atomic E-state index is 12.8. The molecule has 0 heterocycles. The van der Waals surface area contributed by atoms with Gasteiger partial charge in [-0.1, -0.05) is 0 Å². The van der Waals surface area contributed by atoms with Crippen LogP contribution < -0.4 is 4.74 Å². The van der Waals surface area contributed by atoms with Crippen LogP contribution in [-0.4, -0.2) is 28.9 Å². The van der Waals surface area contributed by atoms with Gasteiger partial charge in [-0.05, 0) is 6.07 Å². The summed E-state index contributed by atoms with van der Waals surface area (Å²) in [6, 6.07) is 2.09. The summed E-state index contributed by atoms with van der Waals surface area (Å²) in [6.45, 7) is -1.26. The molecular weight excluding hydrogens is 262 g/mol. The van der Waals surface area contributed by atoms with Gasteiger partial charge >= 0.3 is 11.9 Å². The normalized spacial score (nSPS) is 13.2. The van der Waals surface area contributed by atoms with Crippen molar-refractivity contribution in [2.24, 2.45) is 0 Å². The molecule has 1 rings (SSSR count). The van der Waals surface area contributed by atoms with Crippen molar-refractivity contribution in [3.63, 3.8) is 0 Å². The molecule has 0 aliphatic rings. The molecule has 100 valence electrons. The van der Waals surface area contributed by atoms with E-state index >= 15 is 0 Å². The number of aliphatic hydroxyl groups excluding tert-OH is 1. The van der Waals surface area contributed by atoms with E-state index in [0.29, 0.717) is 6.07 Å². The highest BCUT2D eigenvalue weighted by atomic mass is 19.4. The smallest absolute Gasteiger partial charge is 0.417 e. The van der Waals surface area contributed by atoms with Gasteiger partial charge in [-0.3, -0.25) is 10.1 Å². The molecule has 18 heavy (non-hydrogen) atoms. The maximum atomic E-state index is 12.8. The Hall–Kier alpha value is -1.90. The summed E-state index contributed by atoms with van der Waals surface area (Å²) in [5.74, 6) is -1.58. The number of aliphatic hydroxyl groups is 1. The van der Waals surface area contributed by atoms with Crippen molar-refractivity contribution >= 4 is 5.69 Å². The molecule has 5 nitrogen and oxygen atoms in total. The molecule has 0 aliphatic carbocycles. The summed E-state index contributed by atoms with van der Waals surface area (Å²) in [5.41, 5.74) is -0.689. The van der Waals surface area contributed by atoms with Crippen molar-refractivity contribution < 1.29 is 32.3 Å². The molecule has 0 aliphatic heterocycles. The second kappa shape index (κ2) is 5.17. The lowest BCUT2D eigenvalue weighted by atomic mass is 10.3. The van der Waals surface area contributed by atoms with Crippen molar-refractivity contribution in [3.8, 4) is 5.75 Å². The zero-order valence-electron chi connectivity index (χ0n) is 8.65. The molecule has 0 aromatic heterocycles. The Bertz CT molecular complexity index is 449. The van der Waals surface area contributed by atoms with Crippen LogP contribution in [0.15, 0.2) is 18.2 Å². The first-order valence-corrected chi connectivity index (χ1v) is 4.53. The number of halogens is 4. The van der Waals surface area contributed by atoms with Gasteiger partial charge < -0.3 is 9.84 Å². The molecule has 0 saturated carbocycles. The summed E-state index contributed by atoms with van der Waals surface area (Å²) in [4.78, 5) is 9.56. The summed E-state index contributed by atoms with van der Waals surface area (Å²) < 4.78 is 53.1. The van der Waals surface area contributed by atoms with Gasteiger partial charge in [-0.25, -0.2) is 4.39 Å². The van der Waals surface area contributed by atoms with Crippen LogP contribution in [0, 0.1) is 15.9 Å². The van der Waals surface area contributed by atoms with Gasteiger partial charge in [0, 0.05) is 12.1 Å². The lowest BCUT2D eigenvalue weighted by molar-refractivity contribution is -0.386. The number of nitro groups is 1. The average molecular weight is 269 g/mol. The van der Waals surface area contributed by atoms with Gasteiger partial charge in [0.15, 0.2) is 11.9 Å². The van der Waals surface area contributed by atoms with Crippen LogP contribution in [-0.2, 0) is 0 Å². The Kier molecular flexibility index (Phi) is 4.07. The van der Waals surface area contributed by atoms with Crippen LogP contribution in [0.5, 0.6) is 5.75 Å². The number of nitro benzene ring substituents is 1. The van der Waals surface area contributed by atoms with E-state index < -0.39 is 41.1 Å². The van der Waals surface area contributed by atoms with E-state index in [4.69, 9.17) is 5.11 Å². The molecule has 0 radical (unpaired) electrons. The molecule has 1 N–H and O–H groups in total. The molecule has 0 unspecified atom stereocenters. The fourth-order valence-electron chi connectivity index (χ4n) is 1.02. The van der Waals surface area contributed by atoms with E-state index in [1.54, 1.807) is 0 Å². The molecule has 0 spiro atoms. The van der Waals surface area contributed by atoms with Crippen LogP contribution in [0.25, 0.3) is 0 Å². The molecule has 9 heteroatoms. The second-order valence-corrected chi connectivity index (χ2v) is 3.24. The molecule has 0 saturated heterocycles. The third-order valence-electron chi connectivity index (χ3n) is 1.89. The monoisotopic (exact) mass is 269 g/mol. The Morgan fingerprint density at radius 3 is 2.56 bits per heavy atom. The van der Waals surface area contributed by atoms with Crippen molar-refractivity contribution in [2.45, 2.75) is 12.3 Å². The first-order valence-electron chi connectivity index (χ1n) is 4.53. The van der Waals surface area contributed by atoms with Gasteiger partial charge in [0.25, 0.3) is 0 Å². The van der Waals surface area contributed by atoms with E-state index in [1.807, 2.05) is 0 Å². The number of benzene rings is 1. The predicted octanol–water partition coefficient (Wildman–Crippen LogP) is 2.04. The van der Waals surface area contributed by atoms with Gasteiger partial charge in [-0.15, -0.1) is 0 Å². The quantitative estimate of drug-likeness (QED) is 0.515. The van der Waals surface area contributed by atoms with Crippen LogP contribution in [0.3, 0.4) is 0 Å². The number of nitrogens with zero attached hydrogens (tertiary/aromatic N) is 1. The number of alkyl halides is 3. The van der Waals surface area contributed by atoms with E-state index in [9.17, 15) is 27.7 Å². The number of hydrogen-bond acceptors (Lipinski definition) is 4. The van der Waals surface area contributed by atoms with Crippen molar-refractivity contribution in [1.82, 2.24) is 0 Å². The van der Waals surface area contributed by atoms with Crippen LogP contribution in [0.4, 0.5) is 23.2 Å². The van der Waals surface area contributed by atoms with Gasteiger partial charge in [0.2, 0.25) is 0 Å². The highest BCUT2D eigenvalue weighted by Crippen LogP contribution is 2.28. The Balaban J connectivity index is 2.84. The fourth-order valence-corrected chi connectivity index (χ4v) is 1.02. The highest BCUT2D eigenvalue weighted by molar-refractivity contribution is 5.46. The largest absolute Gasteiger partial charge is 0.484 e. The van der Waals surface area contributed by atoms with Crippen LogP contribution in [0.1, 0.15) is 0 Å². The zero-order valence-corrected chi connectivity index (χ0v) is 8.65. The second-order valence-electron chi connectivity index (χ2n) is 3.24. The lowest BCUT2D eigenvalue weighted by Gasteiger charge is -2.15. The Morgan fingerprint density at radius 1 is 1.44 bits per heavy atom. The minimum Gasteiger partial charge on any atom is -0.484 e. The van der Waals surface area contributed by atoms with Crippen molar-refractivity contribution in [3.05, 3.63) is 34.1 Å². The van der Waals surface area contributed by atoms with E-state index in [1.165, 1.54) is 0 Å². The summed E-state index contributed by atoms with van der Waals surface area (Å²) >= 11 is 0. The average Bonchev–Trinajstić information content (AvgIpc) is 2.24. The minimum absolute atomic E-state index is 0.571. The van der Waals surface area contributed by atoms with Gasteiger partial charge in [0.05, 0.1) is 4.92 Å². The lowest BCUT2D eigenvalue weighted by Crippen LogP contribution is -2.34. The van der Waals surface area contributed by atoms with E-state index in [-0.39, 0.29) is 0 Å². The standard InChI is InChI=1S/C9H7F4NO4/c10-5-1-2-6(14(16)17)7(3-5)18-4-8(15)9(11,12)13/h1-3,8,15H,4H2/t8-/m1/s1. The Morgan fingerprint density at radius 2 is 2.06 bits per heavy atom. The predicted molar refractivity (Wildman–Crippen MR) is 50.6 cm³/mol. The molecule has 0 amide bonds. The summed E-state index contributed by atoms with van der Waals surface area (Å²) in [7, 11) is 0. The minimum atomic E-state index is -4.91. The first kappa shape index (κ1) is 14.2. The molecule has 0 fully saturated rings. The van der Waals surface area contributed by atoms with Gasteiger partial charge in [0.1, 0.15) is 12.4 Å². The Labute approximate surface area is 97.7 Å². The van der Waals surface area contributed by atoms with E-state index in [2.05, 4.69) is 4.74 Å².